The number of carbonyl (C=O) groups is 3. The van der Waals surface area contributed by atoms with Gasteiger partial charge >= 0.3 is 0 Å². The van der Waals surface area contributed by atoms with E-state index in [4.69, 9.17) is 0 Å². The van der Waals surface area contributed by atoms with E-state index in [1.54, 1.807) is 27.7 Å². The number of fused-ring (bicyclic) bond motifs is 3. The zero-order valence-electron chi connectivity index (χ0n) is 26.5. The van der Waals surface area contributed by atoms with E-state index in [1.807, 2.05) is 51.1 Å². The fraction of sp³-hybridized carbons (Fsp3) is 0.432. The second-order valence-electron chi connectivity index (χ2n) is 14.0. The van der Waals surface area contributed by atoms with Crippen LogP contribution in [0.3, 0.4) is 0 Å². The Kier molecular flexibility index (Phi) is 7.26. The van der Waals surface area contributed by atoms with Crippen LogP contribution in [-0.4, -0.2) is 43.4 Å². The number of phenolic OH excluding ortho intramolecular Hbond substituents is 1. The van der Waals surface area contributed by atoms with Crippen molar-refractivity contribution in [3.63, 3.8) is 0 Å². The molecule has 0 aliphatic heterocycles. The van der Waals surface area contributed by atoms with Gasteiger partial charge in [-0.05, 0) is 73.4 Å². The van der Waals surface area contributed by atoms with Gasteiger partial charge in [-0.1, -0.05) is 65.5 Å². The van der Waals surface area contributed by atoms with E-state index in [1.165, 1.54) is 0 Å². The summed E-state index contributed by atoms with van der Waals surface area (Å²) in [5.41, 5.74) is -2.29. The molecule has 2 aromatic carbocycles. The van der Waals surface area contributed by atoms with Gasteiger partial charge in [0.1, 0.15) is 22.8 Å². The molecule has 0 aromatic heterocycles. The highest BCUT2D eigenvalue weighted by Gasteiger charge is 2.72. The first kappa shape index (κ1) is 31.3. The number of aryl methyl sites for hydroxylation is 1. The predicted molar refractivity (Wildman–Crippen MR) is 167 cm³/mol. The number of hydrogen-bond donors (Lipinski definition) is 4. The summed E-state index contributed by atoms with van der Waals surface area (Å²) in [6, 6.07) is 9.44. The summed E-state index contributed by atoms with van der Waals surface area (Å²) in [6.45, 7) is 14.1. The van der Waals surface area contributed by atoms with Gasteiger partial charge in [0.25, 0.3) is 0 Å². The molecule has 5 rings (SSSR count). The van der Waals surface area contributed by atoms with Gasteiger partial charge in [0.2, 0.25) is 5.78 Å². The molecule has 0 spiro atoms. The van der Waals surface area contributed by atoms with E-state index in [2.05, 4.69) is 11.8 Å². The number of ketones is 3. The van der Waals surface area contributed by atoms with Crippen molar-refractivity contribution in [3.05, 3.63) is 80.6 Å². The monoisotopic (exact) mass is 596 g/mol. The summed E-state index contributed by atoms with van der Waals surface area (Å²) < 4.78 is 0. The third-order valence-electron chi connectivity index (χ3n) is 10.0. The second-order valence-corrected chi connectivity index (χ2v) is 14.0. The van der Waals surface area contributed by atoms with Crippen molar-refractivity contribution in [3.8, 4) is 17.6 Å². The molecule has 0 amide bonds. The Balaban J connectivity index is 1.80. The lowest BCUT2D eigenvalue weighted by Gasteiger charge is -2.59. The maximum absolute atomic E-state index is 14.6. The number of carbonyl (C=O) groups excluding carboxylic acids is 3. The van der Waals surface area contributed by atoms with E-state index in [0.29, 0.717) is 5.56 Å². The lowest BCUT2D eigenvalue weighted by Crippen LogP contribution is -2.69. The fourth-order valence-corrected chi connectivity index (χ4v) is 8.29. The minimum atomic E-state index is -2.64. The number of phenols is 1. The molecule has 2 aromatic rings. The molecular formula is C37H40O7. The Labute approximate surface area is 258 Å². The van der Waals surface area contributed by atoms with Crippen LogP contribution in [-0.2, 0) is 20.8 Å². The van der Waals surface area contributed by atoms with Gasteiger partial charge in [0.15, 0.2) is 17.2 Å². The van der Waals surface area contributed by atoms with Crippen LogP contribution in [0.5, 0.6) is 5.75 Å². The highest BCUT2D eigenvalue weighted by Crippen LogP contribution is 2.65. The van der Waals surface area contributed by atoms with Crippen molar-refractivity contribution in [2.75, 3.05) is 0 Å². The molecular weight excluding hydrogens is 556 g/mol. The van der Waals surface area contributed by atoms with Crippen LogP contribution in [0.25, 0.3) is 5.76 Å². The molecule has 3 aliphatic carbocycles. The summed E-state index contributed by atoms with van der Waals surface area (Å²) in [7, 11) is 0. The van der Waals surface area contributed by atoms with Gasteiger partial charge in [0, 0.05) is 27.9 Å². The average Bonchev–Trinajstić information content (AvgIpc) is 2.89. The largest absolute Gasteiger partial charge is 0.508 e. The Morgan fingerprint density at radius 2 is 1.68 bits per heavy atom. The molecule has 1 saturated carbocycles. The summed E-state index contributed by atoms with van der Waals surface area (Å²) in [5, 5.41) is 47.1. The molecule has 7 heteroatoms. The van der Waals surface area contributed by atoms with E-state index >= 15 is 0 Å². The number of hydrogen-bond acceptors (Lipinski definition) is 7. The first-order valence-corrected chi connectivity index (χ1v) is 15.1. The molecule has 0 bridgehead atoms. The Bertz CT molecular complexity index is 1780. The van der Waals surface area contributed by atoms with Crippen molar-refractivity contribution in [2.45, 2.75) is 79.8 Å². The zero-order chi connectivity index (χ0) is 32.7. The summed E-state index contributed by atoms with van der Waals surface area (Å²) in [6.07, 6.45) is 0.285. The Morgan fingerprint density at radius 3 is 2.25 bits per heavy atom. The van der Waals surface area contributed by atoms with Crippen LogP contribution in [0.1, 0.15) is 94.2 Å². The number of aromatic hydroxyl groups is 1. The minimum absolute atomic E-state index is 0.0293. The molecule has 1 fully saturated rings. The highest BCUT2D eigenvalue weighted by atomic mass is 16.3. The quantitative estimate of drug-likeness (QED) is 0.252. The fourth-order valence-electron chi connectivity index (χ4n) is 8.29. The number of benzene rings is 2. The zero-order valence-corrected chi connectivity index (χ0v) is 26.5. The number of Topliss-reactive ketones (excluding diaryl/α,β-unsaturated/α-hetero) is 3. The van der Waals surface area contributed by atoms with Crippen LogP contribution in [0.2, 0.25) is 0 Å². The SMILES string of the molecule is CC(=O)C1=C(O)[C@]2(O)C(=O)C3=C(O)c4c(O)c(C#Cc5cccc(C)c5)cc(C(C)C)c4C[C@]3(C)C[C@]2(C)C(C(C)C)C1=O. The van der Waals surface area contributed by atoms with Gasteiger partial charge in [-0.15, -0.1) is 0 Å². The van der Waals surface area contributed by atoms with Crippen molar-refractivity contribution >= 4 is 23.1 Å². The van der Waals surface area contributed by atoms with Gasteiger partial charge < -0.3 is 20.4 Å². The van der Waals surface area contributed by atoms with Gasteiger partial charge in [-0.2, -0.15) is 0 Å². The van der Waals surface area contributed by atoms with Crippen molar-refractivity contribution in [1.82, 2.24) is 0 Å². The molecule has 0 heterocycles. The van der Waals surface area contributed by atoms with E-state index < -0.39 is 56.8 Å². The lowest BCUT2D eigenvalue weighted by molar-refractivity contribution is -0.178. The molecule has 1 unspecified atom stereocenters. The van der Waals surface area contributed by atoms with Crippen molar-refractivity contribution < 1.29 is 34.8 Å². The van der Waals surface area contributed by atoms with E-state index in [0.717, 1.165) is 23.6 Å². The minimum Gasteiger partial charge on any atom is -0.508 e. The Morgan fingerprint density at radius 1 is 1.02 bits per heavy atom. The van der Waals surface area contributed by atoms with Gasteiger partial charge in [-0.3, -0.25) is 14.4 Å². The molecule has 4 atom stereocenters. The first-order valence-electron chi connectivity index (χ1n) is 15.1. The van der Waals surface area contributed by atoms with Crippen molar-refractivity contribution in [2.24, 2.45) is 22.7 Å². The molecule has 0 radical (unpaired) electrons. The van der Waals surface area contributed by atoms with Crippen LogP contribution >= 0.6 is 0 Å². The lowest BCUT2D eigenvalue weighted by atomic mass is 9.43. The molecule has 4 N–H and O–H groups in total. The number of allylic oxidation sites excluding steroid dienone is 1. The third kappa shape index (κ3) is 4.18. The van der Waals surface area contributed by atoms with E-state index in [9.17, 15) is 34.8 Å². The first-order chi connectivity index (χ1) is 20.4. The van der Waals surface area contributed by atoms with Crippen LogP contribution < -0.4 is 0 Å². The van der Waals surface area contributed by atoms with Gasteiger partial charge in [-0.25, -0.2) is 0 Å². The van der Waals surface area contributed by atoms with Crippen LogP contribution in [0, 0.1) is 41.4 Å². The second kappa shape index (κ2) is 10.2. The summed E-state index contributed by atoms with van der Waals surface area (Å²) in [5.74, 6) is 0.661. The standard InChI is InChI=1S/C37H40O7/c1-18(2)24-15-23(13-12-22-11-9-10-20(5)14-22)30(39)27-25(24)16-35(7)17-36(8)28(19(3)4)31(40)26(21(6)38)33(42)37(36,44)34(43)29(35)32(27)41/h9-11,14-15,18-19,28,39,41-42,44H,16-17H2,1-8H3/t28?,35-,36-,37+/m1/s1. The molecule has 230 valence electrons. The normalized spacial score (nSPS) is 28.0. The maximum Gasteiger partial charge on any atom is 0.203 e. The maximum atomic E-state index is 14.6. The van der Waals surface area contributed by atoms with Crippen molar-refractivity contribution in [1.29, 1.82) is 0 Å². The topological polar surface area (TPSA) is 132 Å². The van der Waals surface area contributed by atoms with E-state index in [-0.39, 0.29) is 47.1 Å². The average molecular weight is 597 g/mol. The van der Waals surface area contributed by atoms with Gasteiger partial charge in [0.05, 0.1) is 11.1 Å². The number of aliphatic hydroxyl groups excluding tert-OH is 2. The summed E-state index contributed by atoms with van der Waals surface area (Å²) in [4.78, 5) is 40.8. The highest BCUT2D eigenvalue weighted by molar-refractivity contribution is 6.24. The molecule has 3 aliphatic rings. The smallest absolute Gasteiger partial charge is 0.203 e. The third-order valence-corrected chi connectivity index (χ3v) is 10.0. The Hall–Kier alpha value is -4.15. The number of rotatable bonds is 3. The molecule has 44 heavy (non-hydrogen) atoms. The summed E-state index contributed by atoms with van der Waals surface area (Å²) >= 11 is 0. The van der Waals surface area contributed by atoms with Crippen LogP contribution in [0.15, 0.2) is 47.2 Å². The number of aliphatic hydroxyl groups is 3. The molecule has 7 nitrogen and oxygen atoms in total. The van der Waals surface area contributed by atoms with Crippen LogP contribution in [0.4, 0.5) is 0 Å². The predicted octanol–water partition coefficient (Wildman–Crippen LogP) is 6.02. The molecule has 0 saturated heterocycles.